The Morgan fingerprint density at radius 2 is 1.71 bits per heavy atom. The van der Waals surface area contributed by atoms with Crippen LogP contribution in [0.15, 0.2) is 102 Å². The van der Waals surface area contributed by atoms with Crippen molar-refractivity contribution in [1.82, 2.24) is 24.6 Å². The van der Waals surface area contributed by atoms with Crippen molar-refractivity contribution in [1.29, 1.82) is 0 Å². The molecule has 12 nitrogen and oxygen atoms in total. The van der Waals surface area contributed by atoms with Crippen LogP contribution < -0.4 is 15.0 Å². The molecule has 1 atom stereocenters. The van der Waals surface area contributed by atoms with Crippen LogP contribution in [-0.4, -0.2) is 76.9 Å². The molecular formula is C36H36N6O6S. The van der Waals surface area contributed by atoms with Crippen molar-refractivity contribution in [2.45, 2.75) is 37.2 Å². The zero-order valence-electron chi connectivity index (χ0n) is 26.9. The highest BCUT2D eigenvalue weighted by Gasteiger charge is 2.40. The van der Waals surface area contributed by atoms with Crippen LogP contribution in [0.5, 0.6) is 5.75 Å². The van der Waals surface area contributed by atoms with E-state index in [0.717, 1.165) is 24.0 Å². The fourth-order valence-electron chi connectivity index (χ4n) is 5.77. The number of carbonyl (C=O) groups excluding carboxylic acids is 1. The number of carboxylic acids is 1. The summed E-state index contributed by atoms with van der Waals surface area (Å²) in [4.78, 5) is 39.9. The van der Waals surface area contributed by atoms with Crippen molar-refractivity contribution in [2.75, 3.05) is 31.1 Å². The summed E-state index contributed by atoms with van der Waals surface area (Å²) in [7, 11) is -4.11. The molecule has 0 aliphatic carbocycles. The number of fused-ring (bicyclic) bond motifs is 1. The third-order valence-electron chi connectivity index (χ3n) is 8.31. The number of sulfonamides is 1. The number of aliphatic carboxylic acids is 1. The van der Waals surface area contributed by atoms with Gasteiger partial charge in [0.15, 0.2) is 6.61 Å². The molecule has 0 saturated carbocycles. The van der Waals surface area contributed by atoms with E-state index in [9.17, 15) is 18.0 Å². The molecule has 0 bridgehead atoms. The van der Waals surface area contributed by atoms with E-state index in [2.05, 4.69) is 22.2 Å². The van der Waals surface area contributed by atoms with Crippen molar-refractivity contribution in [3.05, 3.63) is 109 Å². The molecule has 2 N–H and O–H groups in total. The van der Waals surface area contributed by atoms with Crippen LogP contribution in [0.2, 0.25) is 0 Å². The van der Waals surface area contributed by atoms with Crippen LogP contribution in [0, 0.1) is 0 Å². The number of rotatable bonds is 12. The summed E-state index contributed by atoms with van der Waals surface area (Å²) >= 11 is 0. The Morgan fingerprint density at radius 3 is 2.47 bits per heavy atom. The molecule has 0 spiro atoms. The fraction of sp³-hybridized carbons (Fsp3) is 0.250. The van der Waals surface area contributed by atoms with Crippen molar-refractivity contribution in [2.24, 2.45) is 0 Å². The van der Waals surface area contributed by atoms with Crippen LogP contribution in [0.25, 0.3) is 22.2 Å². The number of hydrogen-bond acceptors (Lipinski definition) is 9. The standard InChI is InChI=1S/C36H36N6O6S/c1-2-4-25-7-9-26(10-8-25)20-39-36(45)33-23-41(34-22-38-32-21-37-16-15-31(32)40-34)17-18-42(33)49(46,47)30-13-11-27(12-14-30)28-5-3-6-29(19-28)48-24-35(43)44/h3,5-16,19,21-22,33H,2,4,17-18,20,23-24H2,1H3,(H,39,45)(H,43,44). The van der Waals surface area contributed by atoms with E-state index in [-0.39, 0.29) is 24.5 Å². The van der Waals surface area contributed by atoms with Gasteiger partial charge in [-0.05, 0) is 59.0 Å². The molecule has 1 aliphatic rings. The molecule has 3 heterocycles. The number of anilines is 1. The van der Waals surface area contributed by atoms with Crippen molar-refractivity contribution >= 4 is 38.8 Å². The summed E-state index contributed by atoms with van der Waals surface area (Å²) in [5.74, 6) is -0.581. The van der Waals surface area contributed by atoms with Crippen LogP contribution in [-0.2, 0) is 32.6 Å². The highest BCUT2D eigenvalue weighted by molar-refractivity contribution is 7.89. The Balaban J connectivity index is 1.24. The quantitative estimate of drug-likeness (QED) is 0.195. The lowest BCUT2D eigenvalue weighted by atomic mass is 10.1. The molecule has 49 heavy (non-hydrogen) atoms. The summed E-state index contributed by atoms with van der Waals surface area (Å²) in [6.07, 6.45) is 6.88. The summed E-state index contributed by atoms with van der Waals surface area (Å²) in [6.45, 7) is 2.33. The average Bonchev–Trinajstić information content (AvgIpc) is 3.13. The predicted molar refractivity (Wildman–Crippen MR) is 185 cm³/mol. The topological polar surface area (TPSA) is 155 Å². The number of carbonyl (C=O) groups is 2. The monoisotopic (exact) mass is 680 g/mol. The number of benzene rings is 3. The minimum Gasteiger partial charge on any atom is -0.482 e. The Morgan fingerprint density at radius 1 is 0.939 bits per heavy atom. The molecule has 1 unspecified atom stereocenters. The molecule has 1 fully saturated rings. The van der Waals surface area contributed by atoms with Gasteiger partial charge in [0.25, 0.3) is 0 Å². The first-order chi connectivity index (χ1) is 23.7. The van der Waals surface area contributed by atoms with Crippen LogP contribution in [0.1, 0.15) is 24.5 Å². The van der Waals surface area contributed by atoms with Crippen molar-refractivity contribution in [3.8, 4) is 16.9 Å². The summed E-state index contributed by atoms with van der Waals surface area (Å²) in [5, 5.41) is 11.9. The lowest BCUT2D eigenvalue weighted by Gasteiger charge is -2.40. The van der Waals surface area contributed by atoms with Gasteiger partial charge in [-0.3, -0.25) is 9.78 Å². The Kier molecular flexibility index (Phi) is 10.1. The molecule has 3 aromatic carbocycles. The molecule has 2 aromatic heterocycles. The van der Waals surface area contributed by atoms with Gasteiger partial charge >= 0.3 is 5.97 Å². The number of hydrogen-bond donors (Lipinski definition) is 2. The van der Waals surface area contributed by atoms with Gasteiger partial charge < -0.3 is 20.1 Å². The molecule has 1 saturated heterocycles. The molecule has 6 rings (SSSR count). The molecule has 13 heteroatoms. The Bertz CT molecular complexity index is 2060. The van der Waals surface area contributed by atoms with E-state index < -0.39 is 34.5 Å². The van der Waals surface area contributed by atoms with Gasteiger partial charge in [0, 0.05) is 32.4 Å². The van der Waals surface area contributed by atoms with Gasteiger partial charge in [0.05, 0.1) is 22.8 Å². The lowest BCUT2D eigenvalue weighted by Crippen LogP contribution is -2.60. The number of aromatic nitrogens is 3. The second-order valence-electron chi connectivity index (χ2n) is 11.7. The summed E-state index contributed by atoms with van der Waals surface area (Å²) in [6, 6.07) is 22.0. The normalized spacial score (nSPS) is 15.2. The predicted octanol–water partition coefficient (Wildman–Crippen LogP) is 4.30. The van der Waals surface area contributed by atoms with E-state index >= 15 is 0 Å². The van der Waals surface area contributed by atoms with E-state index in [1.165, 1.54) is 22.0 Å². The van der Waals surface area contributed by atoms with Crippen LogP contribution >= 0.6 is 0 Å². The number of carboxylic acid groups (broad SMARTS) is 1. The van der Waals surface area contributed by atoms with E-state index in [1.54, 1.807) is 55.0 Å². The maximum Gasteiger partial charge on any atom is 0.341 e. The number of piperazine rings is 1. The second kappa shape index (κ2) is 14.8. The number of ether oxygens (including phenoxy) is 1. The average molecular weight is 681 g/mol. The highest BCUT2D eigenvalue weighted by Crippen LogP contribution is 2.29. The maximum atomic E-state index is 14.2. The molecular weight excluding hydrogens is 644 g/mol. The van der Waals surface area contributed by atoms with Gasteiger partial charge in [0.2, 0.25) is 15.9 Å². The first kappa shape index (κ1) is 33.5. The van der Waals surface area contributed by atoms with E-state index in [0.29, 0.717) is 34.7 Å². The fourth-order valence-corrected chi connectivity index (χ4v) is 7.34. The van der Waals surface area contributed by atoms with Crippen molar-refractivity contribution in [3.63, 3.8) is 0 Å². The molecule has 1 amide bonds. The van der Waals surface area contributed by atoms with Gasteiger partial charge in [0.1, 0.15) is 23.1 Å². The highest BCUT2D eigenvalue weighted by atomic mass is 32.2. The molecule has 0 radical (unpaired) electrons. The first-order valence-electron chi connectivity index (χ1n) is 16.0. The lowest BCUT2D eigenvalue weighted by molar-refractivity contribution is -0.139. The molecule has 252 valence electrons. The SMILES string of the molecule is CCCc1ccc(CNC(=O)C2CN(c3cnc4cnccc4n3)CCN2S(=O)(=O)c2ccc(-c3cccc(OCC(=O)O)c3)cc2)cc1. The third kappa shape index (κ3) is 7.85. The molecule has 1 aliphatic heterocycles. The first-order valence-corrected chi connectivity index (χ1v) is 17.4. The summed E-state index contributed by atoms with van der Waals surface area (Å²) in [5.41, 5.74) is 4.86. The summed E-state index contributed by atoms with van der Waals surface area (Å²) < 4.78 is 34.9. The second-order valence-corrected chi connectivity index (χ2v) is 13.6. The number of nitrogens with zero attached hydrogens (tertiary/aromatic N) is 5. The van der Waals surface area contributed by atoms with Crippen LogP contribution in [0.4, 0.5) is 5.82 Å². The molecule has 5 aromatic rings. The largest absolute Gasteiger partial charge is 0.482 e. The Labute approximate surface area is 284 Å². The van der Waals surface area contributed by atoms with Crippen LogP contribution in [0.3, 0.4) is 0 Å². The third-order valence-corrected chi connectivity index (χ3v) is 10.2. The van der Waals surface area contributed by atoms with E-state index in [4.69, 9.17) is 14.8 Å². The van der Waals surface area contributed by atoms with Gasteiger partial charge in [-0.2, -0.15) is 4.31 Å². The maximum absolute atomic E-state index is 14.2. The van der Waals surface area contributed by atoms with Crippen molar-refractivity contribution < 1.29 is 27.9 Å². The van der Waals surface area contributed by atoms with E-state index in [1.807, 2.05) is 35.2 Å². The zero-order valence-corrected chi connectivity index (χ0v) is 27.7. The number of aryl methyl sites for hydroxylation is 1. The minimum absolute atomic E-state index is 0.0466. The minimum atomic E-state index is -4.11. The smallest absolute Gasteiger partial charge is 0.341 e. The number of nitrogens with one attached hydrogen (secondary N) is 1. The number of pyridine rings is 1. The Hall–Kier alpha value is -5.40. The van der Waals surface area contributed by atoms with Gasteiger partial charge in [-0.25, -0.2) is 23.2 Å². The number of amides is 1. The van der Waals surface area contributed by atoms with Gasteiger partial charge in [-0.15, -0.1) is 0 Å². The van der Waals surface area contributed by atoms with Gasteiger partial charge in [-0.1, -0.05) is 61.9 Å². The zero-order chi connectivity index (χ0) is 34.4.